The predicted octanol–water partition coefficient (Wildman–Crippen LogP) is 1.72. The first-order valence-electron chi connectivity index (χ1n) is 5.32. The smallest absolute Gasteiger partial charge is 0.136 e. The lowest BCUT2D eigenvalue weighted by atomic mass is 10.1. The maximum atomic E-state index is 9.22. The third-order valence-corrected chi connectivity index (χ3v) is 2.69. The minimum absolute atomic E-state index is 0.0855. The molecule has 0 aliphatic heterocycles. The van der Waals surface area contributed by atoms with Gasteiger partial charge in [0.15, 0.2) is 0 Å². The van der Waals surface area contributed by atoms with Crippen molar-refractivity contribution in [3.05, 3.63) is 29.6 Å². The topological polar surface area (TPSA) is 38.0 Å². The van der Waals surface area contributed by atoms with Crippen LogP contribution in [0.4, 0.5) is 0 Å². The molecule has 2 rings (SSSR count). The molecule has 16 heavy (non-hydrogen) atoms. The van der Waals surface area contributed by atoms with Crippen LogP contribution in [-0.2, 0) is 19.6 Å². The fourth-order valence-electron chi connectivity index (χ4n) is 1.83. The van der Waals surface area contributed by atoms with Crippen LogP contribution in [0.15, 0.2) is 18.2 Å². The van der Waals surface area contributed by atoms with E-state index in [-0.39, 0.29) is 6.61 Å². The molecule has 1 aromatic heterocycles. The van der Waals surface area contributed by atoms with Gasteiger partial charge in [0.2, 0.25) is 0 Å². The zero-order valence-electron chi connectivity index (χ0n) is 9.27. The van der Waals surface area contributed by atoms with E-state index in [1.165, 1.54) is 5.56 Å². The number of aryl methyl sites for hydroxylation is 1. The Morgan fingerprint density at radius 2 is 2.31 bits per heavy atom. The second-order valence-electron chi connectivity index (χ2n) is 3.65. The molecule has 0 amide bonds. The van der Waals surface area contributed by atoms with Crippen LogP contribution in [0, 0.1) is 12.3 Å². The quantitative estimate of drug-likeness (QED) is 0.790. The highest BCUT2D eigenvalue weighted by atomic mass is 16.3. The van der Waals surface area contributed by atoms with Crippen molar-refractivity contribution in [3.63, 3.8) is 0 Å². The number of imidazole rings is 1. The first-order valence-corrected chi connectivity index (χ1v) is 5.32. The Hall–Kier alpha value is -1.79. The van der Waals surface area contributed by atoms with Crippen molar-refractivity contribution in [1.82, 2.24) is 9.55 Å². The molecule has 0 radical (unpaired) electrons. The van der Waals surface area contributed by atoms with Gasteiger partial charge in [0.25, 0.3) is 0 Å². The van der Waals surface area contributed by atoms with Gasteiger partial charge < -0.3 is 9.67 Å². The third-order valence-electron chi connectivity index (χ3n) is 2.69. The number of aromatic nitrogens is 2. The summed E-state index contributed by atoms with van der Waals surface area (Å²) >= 11 is 0. The number of rotatable bonds is 3. The summed E-state index contributed by atoms with van der Waals surface area (Å²) < 4.78 is 1.87. The van der Waals surface area contributed by atoms with Crippen molar-refractivity contribution in [2.45, 2.75) is 26.5 Å². The number of nitrogens with zero attached hydrogens (tertiary/aromatic N) is 2. The molecule has 0 fully saturated rings. The maximum absolute atomic E-state index is 9.22. The van der Waals surface area contributed by atoms with Gasteiger partial charge in [-0.2, -0.15) is 0 Å². The SMILES string of the molecule is C#CCn1c(CO)nc2cc(CC)ccc21. The summed E-state index contributed by atoms with van der Waals surface area (Å²) in [6.45, 7) is 2.46. The van der Waals surface area contributed by atoms with E-state index >= 15 is 0 Å². The van der Waals surface area contributed by atoms with Crippen LogP contribution in [-0.4, -0.2) is 14.7 Å². The number of aliphatic hydroxyl groups excluding tert-OH is 1. The Morgan fingerprint density at radius 3 is 2.94 bits per heavy atom. The fraction of sp³-hybridized carbons (Fsp3) is 0.308. The number of terminal acetylenes is 1. The number of benzene rings is 1. The highest BCUT2D eigenvalue weighted by molar-refractivity contribution is 5.77. The molecule has 0 atom stereocenters. The summed E-state index contributed by atoms with van der Waals surface area (Å²) in [5.74, 6) is 3.20. The van der Waals surface area contributed by atoms with Crippen LogP contribution in [0.2, 0.25) is 0 Å². The predicted molar refractivity (Wildman–Crippen MR) is 63.9 cm³/mol. The molecule has 0 saturated heterocycles. The Kier molecular flexibility index (Phi) is 2.93. The lowest BCUT2D eigenvalue weighted by Gasteiger charge is -2.02. The summed E-state index contributed by atoms with van der Waals surface area (Å²) in [5, 5.41) is 9.22. The van der Waals surface area contributed by atoms with Crippen molar-refractivity contribution in [2.75, 3.05) is 0 Å². The van der Waals surface area contributed by atoms with E-state index in [0.29, 0.717) is 12.4 Å². The molecule has 0 bridgehead atoms. The Labute approximate surface area is 94.7 Å². The van der Waals surface area contributed by atoms with Crippen molar-refractivity contribution >= 4 is 11.0 Å². The molecule has 1 N–H and O–H groups in total. The fourth-order valence-corrected chi connectivity index (χ4v) is 1.83. The van der Waals surface area contributed by atoms with E-state index < -0.39 is 0 Å². The van der Waals surface area contributed by atoms with Gasteiger partial charge in [-0.15, -0.1) is 6.42 Å². The van der Waals surface area contributed by atoms with Gasteiger partial charge in [-0.1, -0.05) is 18.9 Å². The molecule has 0 aliphatic carbocycles. The number of fused-ring (bicyclic) bond motifs is 1. The van der Waals surface area contributed by atoms with Crippen LogP contribution in [0.5, 0.6) is 0 Å². The highest BCUT2D eigenvalue weighted by Crippen LogP contribution is 2.18. The van der Waals surface area contributed by atoms with E-state index in [2.05, 4.69) is 23.9 Å². The van der Waals surface area contributed by atoms with E-state index in [0.717, 1.165) is 17.5 Å². The lowest BCUT2D eigenvalue weighted by Crippen LogP contribution is -2.02. The second-order valence-corrected chi connectivity index (χ2v) is 3.65. The van der Waals surface area contributed by atoms with Gasteiger partial charge in [0.05, 0.1) is 17.6 Å². The van der Waals surface area contributed by atoms with Gasteiger partial charge in [0, 0.05) is 0 Å². The average Bonchev–Trinajstić information content (AvgIpc) is 2.67. The Morgan fingerprint density at radius 1 is 1.50 bits per heavy atom. The van der Waals surface area contributed by atoms with E-state index in [1.54, 1.807) is 0 Å². The Balaban J connectivity index is 2.63. The van der Waals surface area contributed by atoms with Crippen LogP contribution in [0.1, 0.15) is 18.3 Å². The van der Waals surface area contributed by atoms with Crippen molar-refractivity contribution in [2.24, 2.45) is 0 Å². The molecule has 2 aromatic rings. The molecular formula is C13H14N2O. The summed E-state index contributed by atoms with van der Waals surface area (Å²) in [6, 6.07) is 6.12. The average molecular weight is 214 g/mol. The highest BCUT2D eigenvalue weighted by Gasteiger charge is 2.08. The molecule has 1 aromatic carbocycles. The van der Waals surface area contributed by atoms with Crippen LogP contribution >= 0.6 is 0 Å². The maximum Gasteiger partial charge on any atom is 0.136 e. The number of hydrogen-bond donors (Lipinski definition) is 1. The van der Waals surface area contributed by atoms with Crippen LogP contribution < -0.4 is 0 Å². The molecule has 82 valence electrons. The molecule has 3 nitrogen and oxygen atoms in total. The summed E-state index contributed by atoms with van der Waals surface area (Å²) in [6.07, 6.45) is 6.29. The van der Waals surface area contributed by atoms with E-state index in [9.17, 15) is 5.11 Å². The van der Waals surface area contributed by atoms with E-state index in [1.807, 2.05) is 16.7 Å². The van der Waals surface area contributed by atoms with Gasteiger partial charge >= 0.3 is 0 Å². The third kappa shape index (κ3) is 1.68. The normalized spacial score (nSPS) is 10.6. The number of aliphatic hydroxyl groups is 1. The molecule has 0 saturated carbocycles. The van der Waals surface area contributed by atoms with Gasteiger partial charge in [0.1, 0.15) is 12.4 Å². The summed E-state index contributed by atoms with van der Waals surface area (Å²) in [5.41, 5.74) is 3.13. The van der Waals surface area contributed by atoms with E-state index in [4.69, 9.17) is 6.42 Å². The minimum Gasteiger partial charge on any atom is -0.388 e. The first kappa shape index (κ1) is 10.7. The van der Waals surface area contributed by atoms with Gasteiger partial charge in [-0.25, -0.2) is 4.98 Å². The van der Waals surface area contributed by atoms with Crippen LogP contribution in [0.25, 0.3) is 11.0 Å². The monoisotopic (exact) mass is 214 g/mol. The molecule has 0 unspecified atom stereocenters. The molecule has 1 heterocycles. The standard InChI is InChI=1S/C13H14N2O/c1-3-7-15-12-6-5-10(4-2)8-11(12)14-13(15)9-16/h1,5-6,8,16H,4,7,9H2,2H3. The molecular weight excluding hydrogens is 200 g/mol. The largest absolute Gasteiger partial charge is 0.388 e. The van der Waals surface area contributed by atoms with Crippen molar-refractivity contribution < 1.29 is 5.11 Å². The molecule has 3 heteroatoms. The zero-order valence-corrected chi connectivity index (χ0v) is 9.27. The zero-order chi connectivity index (χ0) is 11.5. The molecule has 0 spiro atoms. The summed E-state index contributed by atoms with van der Waals surface area (Å²) in [7, 11) is 0. The van der Waals surface area contributed by atoms with Crippen molar-refractivity contribution in [3.8, 4) is 12.3 Å². The lowest BCUT2D eigenvalue weighted by molar-refractivity contribution is 0.267. The Bertz CT molecular complexity index is 549. The van der Waals surface area contributed by atoms with Crippen LogP contribution in [0.3, 0.4) is 0 Å². The minimum atomic E-state index is -0.0855. The van der Waals surface area contributed by atoms with Gasteiger partial charge in [-0.05, 0) is 24.1 Å². The van der Waals surface area contributed by atoms with Crippen molar-refractivity contribution in [1.29, 1.82) is 0 Å². The second kappa shape index (κ2) is 4.38. The summed E-state index contributed by atoms with van der Waals surface area (Å²) in [4.78, 5) is 4.38. The number of hydrogen-bond acceptors (Lipinski definition) is 2. The van der Waals surface area contributed by atoms with Gasteiger partial charge in [-0.3, -0.25) is 0 Å². The first-order chi connectivity index (χ1) is 7.80. The molecule has 0 aliphatic rings.